The molecule has 5 heteroatoms. The van der Waals surface area contributed by atoms with Crippen LogP contribution in [0.2, 0.25) is 0 Å². The first-order chi connectivity index (χ1) is 14.9. The maximum absolute atomic E-state index is 10.6. The first-order valence-corrected chi connectivity index (χ1v) is 8.61. The van der Waals surface area contributed by atoms with Crippen LogP contribution in [0, 0.1) is 11.8 Å². The van der Waals surface area contributed by atoms with Gasteiger partial charge in [-0.25, -0.2) is 0 Å². The Hall–Kier alpha value is -1.17. The minimum Gasteiger partial charge on any atom is -0.481 e. The van der Waals surface area contributed by atoms with Crippen LogP contribution in [0.15, 0.2) is 24.2 Å². The quantitative estimate of drug-likeness (QED) is 0.313. The second kappa shape index (κ2) is 12.2. The molecule has 0 bridgehead atoms. The Morgan fingerprint density at radius 2 is 2.08 bits per heavy atom. The van der Waals surface area contributed by atoms with E-state index in [4.69, 9.17) is 16.1 Å². The molecule has 0 radical (unpaired) electrons. The van der Waals surface area contributed by atoms with E-state index in [0.717, 1.165) is 6.42 Å². The van der Waals surface area contributed by atoms with Gasteiger partial charge in [0.1, 0.15) is 0 Å². The standard InChI is InChI=1S/C20H34O5/c1-2-3-6-9-15(21)12-13-17-16(18(22)14-19(17)23)10-7-4-5-8-11-20(24)25/h4,7,12-13,15-19,21-23H,2-3,5-6,8-11,14H2,1H3,(H,24,25)/b7-4-,13-12?/t15-,16+,17+,18-,19+/m0/s1/i4T,7T,12T,15T,16T,17T,18T,19T. The highest BCUT2D eigenvalue weighted by molar-refractivity contribution is 5.66. The fourth-order valence-electron chi connectivity index (χ4n) is 2.40. The molecule has 144 valence electrons. The third-order valence-electron chi connectivity index (χ3n) is 3.80. The van der Waals surface area contributed by atoms with Crippen LogP contribution >= 0.6 is 0 Å². The lowest BCUT2D eigenvalue weighted by molar-refractivity contribution is -0.137. The number of allylic oxidation sites excluding steroid dienone is 2. The van der Waals surface area contributed by atoms with E-state index in [2.05, 4.69) is 0 Å². The number of aliphatic hydroxyl groups is 3. The monoisotopic (exact) mass is 370 g/mol. The Bertz CT molecular complexity index is 782. The zero-order valence-corrected chi connectivity index (χ0v) is 14.6. The summed E-state index contributed by atoms with van der Waals surface area (Å²) in [6, 6.07) is -1.84. The minimum atomic E-state index is -2.97. The molecule has 0 aromatic carbocycles. The van der Waals surface area contributed by atoms with Crippen molar-refractivity contribution >= 4 is 5.97 Å². The van der Waals surface area contributed by atoms with Crippen LogP contribution in [0.4, 0.5) is 0 Å². The Labute approximate surface area is 162 Å². The molecule has 0 saturated heterocycles. The molecule has 0 spiro atoms. The van der Waals surface area contributed by atoms with Crippen LogP contribution in [-0.2, 0) is 4.79 Å². The molecule has 1 rings (SSSR count). The molecule has 0 aliphatic heterocycles. The topological polar surface area (TPSA) is 98.0 Å². The molecule has 1 fully saturated rings. The molecule has 5 atom stereocenters. The first kappa shape index (κ1) is 12.3. The molecule has 5 nitrogen and oxygen atoms in total. The van der Waals surface area contributed by atoms with Crippen LogP contribution in [-0.4, -0.2) is 44.6 Å². The lowest BCUT2D eigenvalue weighted by Crippen LogP contribution is -2.20. The number of aliphatic carboxylic acids is 1. The maximum atomic E-state index is 10.6. The summed E-state index contributed by atoms with van der Waals surface area (Å²) in [6.07, 6.45) is -8.59. The van der Waals surface area contributed by atoms with Gasteiger partial charge < -0.3 is 20.4 Å². The summed E-state index contributed by atoms with van der Waals surface area (Å²) in [5.74, 6) is -6.80. The highest BCUT2D eigenvalue weighted by Gasteiger charge is 2.39. The van der Waals surface area contributed by atoms with Crippen LogP contribution in [0.3, 0.4) is 0 Å². The lowest BCUT2D eigenvalue weighted by atomic mass is 9.89. The van der Waals surface area contributed by atoms with E-state index in [9.17, 15) is 20.1 Å². The SMILES string of the molecule is [3H]C(=C[C@]1([3H])[C@@]([3H])(C/C([3H])=C(/[3H])CCCC(=O)O)[C@@]([3H])(O)C[C@@]1([3H])O)[C@@]([3H])(O)CCCCC. The zero-order valence-electron chi connectivity index (χ0n) is 22.6. The number of carboxylic acids is 1. The van der Waals surface area contributed by atoms with Crippen molar-refractivity contribution in [3.63, 3.8) is 0 Å². The van der Waals surface area contributed by atoms with Crippen LogP contribution in [0.25, 0.3) is 0 Å². The Kier molecular flexibility index (Phi) is 6.00. The second-order valence-corrected chi connectivity index (χ2v) is 5.93. The number of carbonyl (C=O) groups is 1. The highest BCUT2D eigenvalue weighted by Crippen LogP contribution is 2.36. The van der Waals surface area contributed by atoms with E-state index in [-0.39, 0.29) is 31.7 Å². The summed E-state index contributed by atoms with van der Waals surface area (Å²) in [4.78, 5) is 10.6. The summed E-state index contributed by atoms with van der Waals surface area (Å²) < 4.78 is 65.9. The third kappa shape index (κ3) is 8.66. The largest absolute Gasteiger partial charge is 0.481 e. The van der Waals surface area contributed by atoms with Gasteiger partial charge in [0, 0.05) is 21.5 Å². The molecule has 0 heterocycles. The predicted molar refractivity (Wildman–Crippen MR) is 98.1 cm³/mol. The predicted octanol–water partition coefficient (Wildman–Crippen LogP) is 3.04. The van der Waals surface area contributed by atoms with Crippen molar-refractivity contribution in [1.82, 2.24) is 0 Å². The third-order valence-corrected chi connectivity index (χ3v) is 3.80. The van der Waals surface area contributed by atoms with Gasteiger partial charge >= 0.3 is 5.97 Å². The summed E-state index contributed by atoms with van der Waals surface area (Å²) in [5.41, 5.74) is 0. The molecule has 1 aliphatic carbocycles. The van der Waals surface area contributed by atoms with Gasteiger partial charge in [0.2, 0.25) is 0 Å². The number of hydrogen-bond acceptors (Lipinski definition) is 4. The number of unbranched alkanes of at least 4 members (excludes halogenated alkanes) is 2. The van der Waals surface area contributed by atoms with E-state index in [1.807, 2.05) is 6.92 Å². The molecule has 0 unspecified atom stereocenters. The average Bonchev–Trinajstić information content (AvgIpc) is 2.75. The van der Waals surface area contributed by atoms with E-state index >= 15 is 0 Å². The molecule has 0 amide bonds. The van der Waals surface area contributed by atoms with Gasteiger partial charge in [0.25, 0.3) is 0 Å². The molecule has 1 saturated carbocycles. The van der Waals surface area contributed by atoms with Crippen molar-refractivity contribution in [3.05, 3.63) is 24.2 Å². The lowest BCUT2D eigenvalue weighted by Gasteiger charge is -2.19. The second-order valence-electron chi connectivity index (χ2n) is 5.93. The van der Waals surface area contributed by atoms with Crippen molar-refractivity contribution in [3.8, 4) is 0 Å². The highest BCUT2D eigenvalue weighted by atomic mass is 16.4. The van der Waals surface area contributed by atoms with E-state index in [1.54, 1.807) is 0 Å². The van der Waals surface area contributed by atoms with Crippen LogP contribution in [0.5, 0.6) is 0 Å². The molecular weight excluding hydrogens is 320 g/mol. The number of rotatable bonds is 12. The summed E-state index contributed by atoms with van der Waals surface area (Å²) in [6.45, 7) is 1.90. The maximum Gasteiger partial charge on any atom is 0.303 e. The van der Waals surface area contributed by atoms with Crippen LogP contribution < -0.4 is 0 Å². The van der Waals surface area contributed by atoms with E-state index in [0.29, 0.717) is 18.9 Å². The Morgan fingerprint density at radius 1 is 1.32 bits per heavy atom. The first-order valence-electron chi connectivity index (χ1n) is 12.6. The van der Waals surface area contributed by atoms with Gasteiger partial charge in [0.15, 0.2) is 0 Å². The van der Waals surface area contributed by atoms with Gasteiger partial charge in [-0.3, -0.25) is 4.79 Å². The van der Waals surface area contributed by atoms with Crippen molar-refractivity contribution in [2.45, 2.75) is 83.0 Å². The fourth-order valence-corrected chi connectivity index (χ4v) is 2.40. The van der Waals surface area contributed by atoms with Gasteiger partial charge in [-0.15, -0.1) is 0 Å². The van der Waals surface area contributed by atoms with E-state index in [1.165, 1.54) is 0 Å². The molecule has 0 aromatic heterocycles. The Balaban J connectivity index is 3.41. The van der Waals surface area contributed by atoms with Gasteiger partial charge in [-0.05, 0) is 31.6 Å². The normalized spacial score (nSPS) is 47.0. The van der Waals surface area contributed by atoms with Crippen molar-refractivity contribution < 1.29 is 36.2 Å². The smallest absolute Gasteiger partial charge is 0.303 e. The zero-order chi connectivity index (χ0) is 25.9. The van der Waals surface area contributed by atoms with Crippen LogP contribution in [0.1, 0.15) is 75.7 Å². The Morgan fingerprint density at radius 3 is 2.76 bits per heavy atom. The number of hydrogen-bond donors (Lipinski definition) is 4. The minimum absolute atomic E-state index is 0.0293. The molecule has 0 aromatic rings. The molecule has 1 aliphatic rings. The number of carboxylic acid groups (broad SMARTS) is 1. The van der Waals surface area contributed by atoms with Crippen molar-refractivity contribution in [2.75, 3.05) is 0 Å². The van der Waals surface area contributed by atoms with Crippen molar-refractivity contribution in [2.24, 2.45) is 11.8 Å². The summed E-state index contributed by atoms with van der Waals surface area (Å²) in [5, 5.41) is 40.2. The van der Waals surface area contributed by atoms with Gasteiger partial charge in [-0.2, -0.15) is 0 Å². The molecule has 25 heavy (non-hydrogen) atoms. The summed E-state index contributed by atoms with van der Waals surface area (Å²) >= 11 is 0. The average molecular weight is 371 g/mol. The van der Waals surface area contributed by atoms with Crippen molar-refractivity contribution in [1.29, 1.82) is 0 Å². The molecular formula is C20H34O5. The fraction of sp³-hybridized carbons (Fsp3) is 0.750. The van der Waals surface area contributed by atoms with E-state index < -0.39 is 60.9 Å². The van der Waals surface area contributed by atoms with Gasteiger partial charge in [-0.1, -0.05) is 50.4 Å². The summed E-state index contributed by atoms with van der Waals surface area (Å²) in [7, 11) is 0. The molecule has 4 N–H and O–H groups in total. The van der Waals surface area contributed by atoms with Gasteiger partial charge in [0.05, 0.1) is 26.5 Å².